The van der Waals surface area contributed by atoms with Gasteiger partial charge in [0.1, 0.15) is 6.10 Å². The summed E-state index contributed by atoms with van der Waals surface area (Å²) in [6, 6.07) is 9.49. The second kappa shape index (κ2) is 10.3. The SMILES string of the molecule is CC(C)CCC[C@@H](C)[C@H]1CC[C@@H]2[C@H]3CC=C4C[C@@H](OC(=O)c5ccccc5)CC[C@]4(C)[C@@H]3CC[C@@]21C. The minimum absolute atomic E-state index is 0.0324. The zero-order valence-corrected chi connectivity index (χ0v) is 23.6. The summed E-state index contributed by atoms with van der Waals surface area (Å²) in [6.45, 7) is 12.6. The van der Waals surface area contributed by atoms with Gasteiger partial charge in [-0.15, -0.1) is 0 Å². The lowest BCUT2D eigenvalue weighted by Crippen LogP contribution is -2.51. The van der Waals surface area contributed by atoms with Crippen molar-refractivity contribution in [3.8, 4) is 0 Å². The molecular weight excluding hydrogens is 440 g/mol. The molecule has 0 heterocycles. The quantitative estimate of drug-likeness (QED) is 0.281. The van der Waals surface area contributed by atoms with Gasteiger partial charge in [-0.2, -0.15) is 0 Å². The molecule has 0 radical (unpaired) electrons. The van der Waals surface area contributed by atoms with Crippen molar-refractivity contribution in [1.29, 1.82) is 0 Å². The fourth-order valence-corrected chi connectivity index (χ4v) is 9.55. The predicted molar refractivity (Wildman–Crippen MR) is 149 cm³/mol. The Morgan fingerprint density at radius 3 is 2.50 bits per heavy atom. The van der Waals surface area contributed by atoms with Crippen molar-refractivity contribution >= 4 is 5.97 Å². The van der Waals surface area contributed by atoms with Crippen molar-refractivity contribution in [3.63, 3.8) is 0 Å². The first-order valence-electron chi connectivity index (χ1n) is 15.2. The number of rotatable bonds is 7. The van der Waals surface area contributed by atoms with Gasteiger partial charge in [-0.05, 0) is 103 Å². The molecule has 1 aromatic rings. The molecule has 0 amide bonds. The van der Waals surface area contributed by atoms with E-state index in [1.54, 1.807) is 5.57 Å². The van der Waals surface area contributed by atoms with Crippen LogP contribution in [0.2, 0.25) is 0 Å². The van der Waals surface area contributed by atoms with Gasteiger partial charge in [0.15, 0.2) is 0 Å². The van der Waals surface area contributed by atoms with Gasteiger partial charge in [0.05, 0.1) is 5.56 Å². The third-order valence-electron chi connectivity index (χ3n) is 11.5. The molecular formula is C34H50O2. The number of allylic oxidation sites excluding steroid dienone is 1. The maximum Gasteiger partial charge on any atom is 0.338 e. The Bertz CT molecular complexity index is 947. The summed E-state index contributed by atoms with van der Waals surface area (Å²) in [4.78, 5) is 12.7. The summed E-state index contributed by atoms with van der Waals surface area (Å²) in [7, 11) is 0. The van der Waals surface area contributed by atoms with E-state index in [4.69, 9.17) is 4.74 Å². The van der Waals surface area contributed by atoms with Gasteiger partial charge >= 0.3 is 5.97 Å². The van der Waals surface area contributed by atoms with E-state index in [1.165, 1.54) is 57.8 Å². The maximum absolute atomic E-state index is 12.7. The Kier molecular flexibility index (Phi) is 7.45. The Hall–Kier alpha value is -1.57. The van der Waals surface area contributed by atoms with Gasteiger partial charge in [0.25, 0.3) is 0 Å². The Morgan fingerprint density at radius 2 is 1.75 bits per heavy atom. The molecule has 198 valence electrons. The summed E-state index contributed by atoms with van der Waals surface area (Å²) >= 11 is 0. The van der Waals surface area contributed by atoms with Gasteiger partial charge in [-0.25, -0.2) is 4.79 Å². The van der Waals surface area contributed by atoms with E-state index in [2.05, 4.69) is 40.7 Å². The molecule has 0 unspecified atom stereocenters. The minimum Gasteiger partial charge on any atom is -0.458 e. The topological polar surface area (TPSA) is 26.3 Å². The van der Waals surface area contributed by atoms with Crippen LogP contribution in [-0.2, 0) is 4.74 Å². The Labute approximate surface area is 220 Å². The number of esters is 1. The molecule has 8 atom stereocenters. The van der Waals surface area contributed by atoms with Crippen LogP contribution in [0.1, 0.15) is 116 Å². The van der Waals surface area contributed by atoms with Crippen LogP contribution in [0.4, 0.5) is 0 Å². The second-order valence-electron chi connectivity index (χ2n) is 13.9. The first-order valence-corrected chi connectivity index (χ1v) is 15.2. The molecule has 0 saturated heterocycles. The van der Waals surface area contributed by atoms with Crippen LogP contribution < -0.4 is 0 Å². The molecule has 0 spiro atoms. The third-order valence-corrected chi connectivity index (χ3v) is 11.5. The van der Waals surface area contributed by atoms with Crippen molar-refractivity contribution < 1.29 is 9.53 Å². The molecule has 4 aliphatic rings. The molecule has 1 aromatic carbocycles. The van der Waals surface area contributed by atoms with Gasteiger partial charge in [0.2, 0.25) is 0 Å². The van der Waals surface area contributed by atoms with Crippen molar-refractivity contribution in [2.75, 3.05) is 0 Å². The summed E-state index contributed by atoms with van der Waals surface area (Å²) in [5, 5.41) is 0. The lowest BCUT2D eigenvalue weighted by atomic mass is 9.47. The van der Waals surface area contributed by atoms with Crippen molar-refractivity contribution in [3.05, 3.63) is 47.5 Å². The Balaban J connectivity index is 1.25. The number of fused-ring (bicyclic) bond motifs is 5. The molecule has 3 saturated carbocycles. The summed E-state index contributed by atoms with van der Waals surface area (Å²) in [5.74, 6) is 5.03. The van der Waals surface area contributed by atoms with Gasteiger partial charge in [-0.1, -0.05) is 83.7 Å². The molecule has 36 heavy (non-hydrogen) atoms. The highest BCUT2D eigenvalue weighted by atomic mass is 16.5. The van der Waals surface area contributed by atoms with E-state index in [9.17, 15) is 4.79 Å². The lowest BCUT2D eigenvalue weighted by Gasteiger charge is -2.58. The number of carbonyl (C=O) groups is 1. The van der Waals surface area contributed by atoms with Crippen molar-refractivity contribution in [2.45, 2.75) is 111 Å². The highest BCUT2D eigenvalue weighted by Gasteiger charge is 2.59. The van der Waals surface area contributed by atoms with Gasteiger partial charge in [-0.3, -0.25) is 0 Å². The molecule has 3 fully saturated rings. The molecule has 0 aromatic heterocycles. The molecule has 5 rings (SSSR count). The van der Waals surface area contributed by atoms with Crippen LogP contribution in [0.5, 0.6) is 0 Å². The number of benzene rings is 1. The van der Waals surface area contributed by atoms with Gasteiger partial charge in [0, 0.05) is 6.42 Å². The summed E-state index contributed by atoms with van der Waals surface area (Å²) in [5.41, 5.74) is 3.12. The fraction of sp³-hybridized carbons (Fsp3) is 0.735. The molecule has 0 bridgehead atoms. The van der Waals surface area contributed by atoms with E-state index in [1.807, 2.05) is 30.3 Å². The van der Waals surface area contributed by atoms with Crippen LogP contribution in [0.3, 0.4) is 0 Å². The second-order valence-corrected chi connectivity index (χ2v) is 13.9. The molecule has 0 aliphatic heterocycles. The molecule has 2 nitrogen and oxygen atoms in total. The molecule has 2 heteroatoms. The van der Waals surface area contributed by atoms with Crippen molar-refractivity contribution in [1.82, 2.24) is 0 Å². The van der Waals surface area contributed by atoms with E-state index in [0.29, 0.717) is 16.4 Å². The zero-order chi connectivity index (χ0) is 25.5. The number of hydrogen-bond donors (Lipinski definition) is 0. The van der Waals surface area contributed by atoms with E-state index in [-0.39, 0.29) is 12.1 Å². The zero-order valence-electron chi connectivity index (χ0n) is 23.6. The maximum atomic E-state index is 12.7. The number of carbonyl (C=O) groups excluding carboxylic acids is 1. The Morgan fingerprint density at radius 1 is 0.972 bits per heavy atom. The van der Waals surface area contributed by atoms with E-state index in [0.717, 1.165) is 48.3 Å². The standard InChI is InChI=1S/C34H50O2/c1-23(2)10-9-11-24(3)29-16-17-30-28-15-14-26-22-27(36-32(35)25-12-7-6-8-13-25)18-20-33(26,4)31(28)19-21-34(29,30)5/h6-8,12-14,23-24,27-31H,9-11,15-22H2,1-5H3/t24-,27+,28-,29-,30-,31-,33+,34-/m1/s1. The summed E-state index contributed by atoms with van der Waals surface area (Å²) < 4.78 is 6.00. The van der Waals surface area contributed by atoms with Crippen LogP contribution >= 0.6 is 0 Å². The smallest absolute Gasteiger partial charge is 0.338 e. The van der Waals surface area contributed by atoms with Crippen LogP contribution in [0.15, 0.2) is 42.0 Å². The van der Waals surface area contributed by atoms with Gasteiger partial charge < -0.3 is 4.74 Å². The number of ether oxygens (including phenoxy) is 1. The third kappa shape index (κ3) is 4.71. The average molecular weight is 491 g/mol. The van der Waals surface area contributed by atoms with Crippen LogP contribution in [0.25, 0.3) is 0 Å². The van der Waals surface area contributed by atoms with Crippen LogP contribution in [-0.4, -0.2) is 12.1 Å². The highest BCUT2D eigenvalue weighted by molar-refractivity contribution is 5.89. The minimum atomic E-state index is -0.161. The molecule has 4 aliphatic carbocycles. The first kappa shape index (κ1) is 26.1. The predicted octanol–water partition coefficient (Wildman–Crippen LogP) is 9.25. The van der Waals surface area contributed by atoms with E-state index >= 15 is 0 Å². The lowest BCUT2D eigenvalue weighted by molar-refractivity contribution is -0.0594. The van der Waals surface area contributed by atoms with E-state index < -0.39 is 0 Å². The molecule has 0 N–H and O–H groups in total. The summed E-state index contributed by atoms with van der Waals surface area (Å²) in [6.07, 6.45) is 17.0. The number of hydrogen-bond acceptors (Lipinski definition) is 2. The highest BCUT2D eigenvalue weighted by Crippen LogP contribution is 2.67. The van der Waals surface area contributed by atoms with Crippen LogP contribution in [0, 0.1) is 46.3 Å². The van der Waals surface area contributed by atoms with Crippen molar-refractivity contribution in [2.24, 2.45) is 46.3 Å². The normalized spacial score (nSPS) is 38.5. The largest absolute Gasteiger partial charge is 0.458 e. The average Bonchev–Trinajstić information content (AvgIpc) is 3.22. The first-order chi connectivity index (χ1) is 17.2. The fourth-order valence-electron chi connectivity index (χ4n) is 9.55. The monoisotopic (exact) mass is 490 g/mol.